The first kappa shape index (κ1) is 13.5. The summed E-state index contributed by atoms with van der Waals surface area (Å²) >= 11 is 0. The van der Waals surface area contributed by atoms with E-state index >= 15 is 0 Å². The van der Waals surface area contributed by atoms with E-state index in [-0.39, 0.29) is 17.1 Å². The fraction of sp³-hybridized carbons (Fsp3) is 0.182. The molecule has 0 saturated heterocycles. The molecule has 2 heterocycles. The lowest BCUT2D eigenvalue weighted by Crippen LogP contribution is -2.23. The molecular weight excluding hydrogens is 266 g/mol. The maximum atomic E-state index is 12.0. The number of anilines is 1. The van der Waals surface area contributed by atoms with Gasteiger partial charge in [-0.05, 0) is 13.8 Å². The third-order valence-electron chi connectivity index (χ3n) is 2.83. The largest absolute Gasteiger partial charge is 0.322 e. The highest BCUT2D eigenvalue weighted by atomic mass is 16.6. The van der Waals surface area contributed by atoms with Gasteiger partial charge in [0.25, 0.3) is 17.2 Å². The van der Waals surface area contributed by atoms with E-state index in [2.05, 4.69) is 20.5 Å². The predicted molar refractivity (Wildman–Crippen MR) is 69.7 cm³/mol. The van der Waals surface area contributed by atoms with Crippen molar-refractivity contribution in [1.29, 1.82) is 0 Å². The van der Waals surface area contributed by atoms with Gasteiger partial charge in [0, 0.05) is 17.3 Å². The van der Waals surface area contributed by atoms with E-state index in [1.165, 1.54) is 0 Å². The summed E-state index contributed by atoms with van der Waals surface area (Å²) in [5.74, 6) is -0.483. The number of hydrogen-bond acceptors (Lipinski definition) is 5. The third kappa shape index (κ3) is 2.41. The zero-order chi connectivity index (χ0) is 14.9. The van der Waals surface area contributed by atoms with E-state index in [4.69, 9.17) is 0 Å². The highest BCUT2D eigenvalue weighted by Crippen LogP contribution is 2.15. The molecule has 3 N–H and O–H groups in total. The minimum Gasteiger partial charge on any atom is -0.322 e. The lowest BCUT2D eigenvalue weighted by Gasteiger charge is -2.02. The van der Waals surface area contributed by atoms with Gasteiger partial charge in [0.1, 0.15) is 5.56 Å². The Bertz CT molecular complexity index is 746. The molecule has 0 saturated carbocycles. The molecule has 1 amide bonds. The number of H-pyrrole nitrogens is 2. The van der Waals surface area contributed by atoms with Crippen LogP contribution in [0.15, 0.2) is 17.1 Å². The highest BCUT2D eigenvalue weighted by Gasteiger charge is 2.18. The Balaban J connectivity index is 2.34. The minimum absolute atomic E-state index is 0.276. The molecule has 0 aliphatic rings. The number of aromatic nitrogens is 3. The molecule has 0 aliphatic heterocycles. The Morgan fingerprint density at radius 1 is 1.45 bits per heavy atom. The van der Waals surface area contributed by atoms with Crippen molar-refractivity contribution in [2.45, 2.75) is 13.8 Å². The summed E-state index contributed by atoms with van der Waals surface area (Å²) in [4.78, 5) is 35.6. The van der Waals surface area contributed by atoms with Crippen molar-refractivity contribution in [1.82, 2.24) is 15.2 Å². The summed E-state index contributed by atoms with van der Waals surface area (Å²) in [5, 5.41) is 19.6. The number of nitrogens with zero attached hydrogens (tertiary/aromatic N) is 2. The van der Waals surface area contributed by atoms with Gasteiger partial charge in [-0.2, -0.15) is 5.10 Å². The van der Waals surface area contributed by atoms with Crippen LogP contribution in [0.5, 0.6) is 0 Å². The third-order valence-corrected chi connectivity index (χ3v) is 2.83. The first-order valence-electron chi connectivity index (χ1n) is 5.60. The van der Waals surface area contributed by atoms with Gasteiger partial charge in [0.05, 0.1) is 11.1 Å². The van der Waals surface area contributed by atoms with Gasteiger partial charge in [0.2, 0.25) is 0 Å². The summed E-state index contributed by atoms with van der Waals surface area (Å²) in [5.41, 5.74) is 0.0652. The molecule has 2 aromatic heterocycles. The SMILES string of the molecule is Cc1[nH]nc(NC(=O)c2cc([N+](=O)[O-])c[nH]c2=O)c1C. The van der Waals surface area contributed by atoms with Crippen molar-refractivity contribution < 1.29 is 9.72 Å². The quantitative estimate of drug-likeness (QED) is 0.565. The van der Waals surface area contributed by atoms with Gasteiger partial charge in [-0.15, -0.1) is 0 Å². The molecular formula is C11H11N5O4. The lowest BCUT2D eigenvalue weighted by molar-refractivity contribution is -0.385. The molecule has 2 rings (SSSR count). The first-order chi connectivity index (χ1) is 9.40. The normalized spacial score (nSPS) is 10.3. The van der Waals surface area contributed by atoms with Crippen LogP contribution in [-0.4, -0.2) is 26.0 Å². The number of nitrogens with one attached hydrogen (secondary N) is 3. The average Bonchev–Trinajstić information content (AvgIpc) is 2.71. The van der Waals surface area contributed by atoms with Crippen molar-refractivity contribution in [3.05, 3.63) is 49.6 Å². The molecule has 9 nitrogen and oxygen atoms in total. The summed E-state index contributed by atoms with van der Waals surface area (Å²) in [6.07, 6.45) is 0.934. The van der Waals surface area contributed by atoms with E-state index < -0.39 is 16.4 Å². The lowest BCUT2D eigenvalue weighted by atomic mass is 10.2. The van der Waals surface area contributed by atoms with Gasteiger partial charge in [0.15, 0.2) is 5.82 Å². The molecule has 0 aromatic carbocycles. The second-order valence-electron chi connectivity index (χ2n) is 4.13. The summed E-state index contributed by atoms with van der Waals surface area (Å²) in [6, 6.07) is 0.920. The number of carbonyl (C=O) groups excluding carboxylic acids is 1. The number of aryl methyl sites for hydroxylation is 1. The van der Waals surface area contributed by atoms with Crippen LogP contribution in [0.25, 0.3) is 0 Å². The van der Waals surface area contributed by atoms with Crippen LogP contribution in [0.3, 0.4) is 0 Å². The van der Waals surface area contributed by atoms with E-state index in [1.807, 2.05) is 0 Å². The van der Waals surface area contributed by atoms with Crippen LogP contribution < -0.4 is 10.9 Å². The molecule has 0 unspecified atom stereocenters. The number of nitro groups is 1. The van der Waals surface area contributed by atoms with Crippen LogP contribution in [0.4, 0.5) is 11.5 Å². The zero-order valence-corrected chi connectivity index (χ0v) is 10.7. The second-order valence-corrected chi connectivity index (χ2v) is 4.13. The Morgan fingerprint density at radius 2 is 2.15 bits per heavy atom. The molecule has 0 bridgehead atoms. The van der Waals surface area contributed by atoms with Gasteiger partial charge >= 0.3 is 0 Å². The molecule has 9 heteroatoms. The van der Waals surface area contributed by atoms with Crippen molar-refractivity contribution in [2.75, 3.05) is 5.32 Å². The van der Waals surface area contributed by atoms with Crippen molar-refractivity contribution in [2.24, 2.45) is 0 Å². The van der Waals surface area contributed by atoms with Gasteiger partial charge in [-0.3, -0.25) is 24.8 Å². The van der Waals surface area contributed by atoms with Gasteiger partial charge < -0.3 is 10.3 Å². The van der Waals surface area contributed by atoms with Crippen LogP contribution in [0.2, 0.25) is 0 Å². The van der Waals surface area contributed by atoms with Crippen LogP contribution >= 0.6 is 0 Å². The standard InChI is InChI=1S/C11H11N5O4/c1-5-6(2)14-15-9(5)13-11(18)8-3-7(16(19)20)4-12-10(8)17/h3-4H,1-2H3,(H,12,17)(H2,13,14,15,18). The minimum atomic E-state index is -0.760. The molecule has 0 atom stereocenters. The summed E-state index contributed by atoms with van der Waals surface area (Å²) in [6.45, 7) is 3.52. The Labute approximate surface area is 112 Å². The number of carbonyl (C=O) groups is 1. The van der Waals surface area contributed by atoms with E-state index in [0.29, 0.717) is 0 Å². The molecule has 0 radical (unpaired) electrons. The average molecular weight is 277 g/mol. The van der Waals surface area contributed by atoms with Crippen molar-refractivity contribution in [3.63, 3.8) is 0 Å². The van der Waals surface area contributed by atoms with Crippen molar-refractivity contribution >= 4 is 17.4 Å². The second kappa shape index (κ2) is 4.96. The fourth-order valence-corrected chi connectivity index (χ4v) is 1.53. The number of hydrogen-bond donors (Lipinski definition) is 3. The topological polar surface area (TPSA) is 134 Å². The molecule has 104 valence electrons. The summed E-state index contributed by atoms with van der Waals surface area (Å²) in [7, 11) is 0. The van der Waals surface area contributed by atoms with Crippen LogP contribution in [0.1, 0.15) is 21.6 Å². The Kier molecular flexibility index (Phi) is 3.34. The Hall–Kier alpha value is -2.97. The van der Waals surface area contributed by atoms with Crippen LogP contribution in [0, 0.1) is 24.0 Å². The fourth-order valence-electron chi connectivity index (χ4n) is 1.53. The molecule has 0 fully saturated rings. The zero-order valence-electron chi connectivity index (χ0n) is 10.7. The van der Waals surface area contributed by atoms with Crippen molar-refractivity contribution in [3.8, 4) is 0 Å². The molecule has 0 spiro atoms. The maximum Gasteiger partial charge on any atom is 0.286 e. The number of rotatable bonds is 3. The van der Waals surface area contributed by atoms with E-state index in [9.17, 15) is 19.7 Å². The van der Waals surface area contributed by atoms with Gasteiger partial charge in [-0.25, -0.2) is 0 Å². The number of aromatic amines is 2. The van der Waals surface area contributed by atoms with Crippen LogP contribution in [-0.2, 0) is 0 Å². The highest BCUT2D eigenvalue weighted by molar-refractivity contribution is 6.04. The number of amides is 1. The Morgan fingerprint density at radius 3 is 2.70 bits per heavy atom. The van der Waals surface area contributed by atoms with E-state index in [1.54, 1.807) is 13.8 Å². The molecule has 0 aliphatic carbocycles. The molecule has 2 aromatic rings. The molecule has 20 heavy (non-hydrogen) atoms. The monoisotopic (exact) mass is 277 g/mol. The number of pyridine rings is 1. The van der Waals surface area contributed by atoms with E-state index in [0.717, 1.165) is 23.5 Å². The maximum absolute atomic E-state index is 12.0. The summed E-state index contributed by atoms with van der Waals surface area (Å²) < 4.78 is 0. The predicted octanol–water partition coefficient (Wildman–Crippen LogP) is 0.875. The first-order valence-corrected chi connectivity index (χ1v) is 5.60. The van der Waals surface area contributed by atoms with Gasteiger partial charge in [-0.1, -0.05) is 0 Å². The smallest absolute Gasteiger partial charge is 0.286 e.